The predicted molar refractivity (Wildman–Crippen MR) is 79.0 cm³/mol. The van der Waals surface area contributed by atoms with Gasteiger partial charge < -0.3 is 15.8 Å². The van der Waals surface area contributed by atoms with Gasteiger partial charge in [-0.3, -0.25) is 4.79 Å². The monoisotopic (exact) mass is 276 g/mol. The molecule has 1 aromatic carbocycles. The number of nitrogens with two attached hydrogens (primary N) is 1. The maximum absolute atomic E-state index is 11.8. The average molecular weight is 276 g/mol. The van der Waals surface area contributed by atoms with E-state index in [-0.39, 0.29) is 17.9 Å². The van der Waals surface area contributed by atoms with Crippen LogP contribution < -0.4 is 11.1 Å². The molecule has 2 rings (SSSR count). The van der Waals surface area contributed by atoms with Crippen LogP contribution in [0.3, 0.4) is 0 Å². The Balaban J connectivity index is 1.50. The number of hydrogen-bond donors (Lipinski definition) is 2. The van der Waals surface area contributed by atoms with E-state index in [0.29, 0.717) is 19.8 Å². The Hall–Kier alpha value is -1.39. The predicted octanol–water partition coefficient (Wildman–Crippen LogP) is 1.84. The van der Waals surface area contributed by atoms with Crippen LogP contribution in [0.1, 0.15) is 31.2 Å². The molecular weight excluding hydrogens is 252 g/mol. The molecule has 0 aromatic heterocycles. The van der Waals surface area contributed by atoms with Crippen molar-refractivity contribution < 1.29 is 9.53 Å². The summed E-state index contributed by atoms with van der Waals surface area (Å²) in [7, 11) is 0. The molecule has 110 valence electrons. The quantitative estimate of drug-likeness (QED) is 0.747. The van der Waals surface area contributed by atoms with Gasteiger partial charge in [-0.1, -0.05) is 30.3 Å². The van der Waals surface area contributed by atoms with Gasteiger partial charge >= 0.3 is 0 Å². The third-order valence-corrected chi connectivity index (χ3v) is 3.72. The minimum absolute atomic E-state index is 0.121. The van der Waals surface area contributed by atoms with Gasteiger partial charge in [0, 0.05) is 25.1 Å². The SMILES string of the molecule is NC1CCC(C(=O)NCCCOCc2ccccc2)C1. The molecule has 0 radical (unpaired) electrons. The van der Waals surface area contributed by atoms with Crippen molar-refractivity contribution in [1.82, 2.24) is 5.32 Å². The van der Waals surface area contributed by atoms with Crippen molar-refractivity contribution in [2.24, 2.45) is 11.7 Å². The smallest absolute Gasteiger partial charge is 0.223 e. The first kappa shape index (κ1) is 15.0. The number of amides is 1. The number of nitrogens with one attached hydrogen (secondary N) is 1. The van der Waals surface area contributed by atoms with E-state index >= 15 is 0 Å². The fourth-order valence-corrected chi connectivity index (χ4v) is 2.55. The second-order valence-corrected chi connectivity index (χ2v) is 5.45. The van der Waals surface area contributed by atoms with E-state index in [1.807, 2.05) is 30.3 Å². The Kier molecular flexibility index (Phi) is 6.02. The summed E-state index contributed by atoms with van der Waals surface area (Å²) in [4.78, 5) is 11.8. The van der Waals surface area contributed by atoms with Crippen molar-refractivity contribution in [2.75, 3.05) is 13.2 Å². The molecule has 0 aliphatic heterocycles. The van der Waals surface area contributed by atoms with Crippen LogP contribution in [0, 0.1) is 5.92 Å². The maximum Gasteiger partial charge on any atom is 0.223 e. The summed E-state index contributed by atoms with van der Waals surface area (Å²) >= 11 is 0. The topological polar surface area (TPSA) is 64.4 Å². The van der Waals surface area contributed by atoms with Gasteiger partial charge in [0.15, 0.2) is 0 Å². The van der Waals surface area contributed by atoms with Crippen molar-refractivity contribution in [1.29, 1.82) is 0 Å². The lowest BCUT2D eigenvalue weighted by molar-refractivity contribution is -0.124. The summed E-state index contributed by atoms with van der Waals surface area (Å²) in [5.74, 6) is 0.274. The van der Waals surface area contributed by atoms with E-state index in [9.17, 15) is 4.79 Å². The zero-order valence-electron chi connectivity index (χ0n) is 11.9. The molecule has 0 saturated heterocycles. The zero-order chi connectivity index (χ0) is 14.2. The number of carbonyl (C=O) groups is 1. The fourth-order valence-electron chi connectivity index (χ4n) is 2.55. The molecule has 2 atom stereocenters. The maximum atomic E-state index is 11.8. The Morgan fingerprint density at radius 1 is 1.30 bits per heavy atom. The normalized spacial score (nSPS) is 21.9. The van der Waals surface area contributed by atoms with Crippen LogP contribution >= 0.6 is 0 Å². The lowest BCUT2D eigenvalue weighted by Gasteiger charge is -2.10. The molecule has 1 aliphatic rings. The molecule has 1 amide bonds. The molecule has 4 heteroatoms. The highest BCUT2D eigenvalue weighted by Gasteiger charge is 2.27. The summed E-state index contributed by atoms with van der Waals surface area (Å²) in [6.07, 6.45) is 3.57. The van der Waals surface area contributed by atoms with Crippen LogP contribution in [-0.2, 0) is 16.1 Å². The first-order chi connectivity index (χ1) is 9.75. The van der Waals surface area contributed by atoms with E-state index < -0.39 is 0 Å². The minimum Gasteiger partial charge on any atom is -0.377 e. The van der Waals surface area contributed by atoms with Crippen molar-refractivity contribution in [3.8, 4) is 0 Å². The van der Waals surface area contributed by atoms with Gasteiger partial charge in [0.05, 0.1) is 6.61 Å². The Morgan fingerprint density at radius 2 is 2.10 bits per heavy atom. The summed E-state index contributed by atoms with van der Waals surface area (Å²) in [6.45, 7) is 1.98. The lowest BCUT2D eigenvalue weighted by atomic mass is 10.1. The highest BCUT2D eigenvalue weighted by atomic mass is 16.5. The first-order valence-corrected chi connectivity index (χ1v) is 7.40. The van der Waals surface area contributed by atoms with E-state index in [1.165, 1.54) is 5.56 Å². The number of carbonyl (C=O) groups excluding carboxylic acids is 1. The number of ether oxygens (including phenoxy) is 1. The second kappa shape index (κ2) is 8.02. The summed E-state index contributed by atoms with van der Waals surface area (Å²) < 4.78 is 5.57. The van der Waals surface area contributed by atoms with Gasteiger partial charge in [0.25, 0.3) is 0 Å². The molecule has 3 N–H and O–H groups in total. The second-order valence-electron chi connectivity index (χ2n) is 5.45. The molecule has 4 nitrogen and oxygen atoms in total. The lowest BCUT2D eigenvalue weighted by Crippen LogP contribution is -2.31. The van der Waals surface area contributed by atoms with Crippen LogP contribution in [0.4, 0.5) is 0 Å². The average Bonchev–Trinajstić information content (AvgIpc) is 2.90. The Morgan fingerprint density at radius 3 is 2.80 bits per heavy atom. The van der Waals surface area contributed by atoms with Crippen molar-refractivity contribution in [3.63, 3.8) is 0 Å². The minimum atomic E-state index is 0.121. The van der Waals surface area contributed by atoms with Gasteiger partial charge in [-0.05, 0) is 31.2 Å². The van der Waals surface area contributed by atoms with Crippen LogP contribution in [0.2, 0.25) is 0 Å². The number of hydrogen-bond acceptors (Lipinski definition) is 3. The van der Waals surface area contributed by atoms with E-state index in [4.69, 9.17) is 10.5 Å². The molecular formula is C16H24N2O2. The molecule has 0 spiro atoms. The standard InChI is InChI=1S/C16H24N2O2/c17-15-8-7-14(11-15)16(19)18-9-4-10-20-12-13-5-2-1-3-6-13/h1-3,5-6,14-15H,4,7-12,17H2,(H,18,19). The van der Waals surface area contributed by atoms with Gasteiger partial charge in [0.1, 0.15) is 0 Å². The summed E-state index contributed by atoms with van der Waals surface area (Å²) in [6, 6.07) is 10.3. The largest absolute Gasteiger partial charge is 0.377 e. The van der Waals surface area contributed by atoms with Crippen LogP contribution in [0.25, 0.3) is 0 Å². The van der Waals surface area contributed by atoms with Crippen molar-refractivity contribution >= 4 is 5.91 Å². The van der Waals surface area contributed by atoms with Crippen LogP contribution in [-0.4, -0.2) is 25.1 Å². The third-order valence-electron chi connectivity index (χ3n) is 3.72. The fraction of sp³-hybridized carbons (Fsp3) is 0.562. The third kappa shape index (κ3) is 4.94. The first-order valence-electron chi connectivity index (χ1n) is 7.40. The van der Waals surface area contributed by atoms with Crippen molar-refractivity contribution in [3.05, 3.63) is 35.9 Å². The van der Waals surface area contributed by atoms with Gasteiger partial charge in [-0.25, -0.2) is 0 Å². The Labute approximate surface area is 120 Å². The van der Waals surface area contributed by atoms with Crippen molar-refractivity contribution in [2.45, 2.75) is 38.3 Å². The molecule has 1 fully saturated rings. The van der Waals surface area contributed by atoms with Gasteiger partial charge in [0.2, 0.25) is 5.91 Å². The van der Waals surface area contributed by atoms with Gasteiger partial charge in [-0.15, -0.1) is 0 Å². The zero-order valence-corrected chi connectivity index (χ0v) is 11.9. The molecule has 2 unspecified atom stereocenters. The number of rotatable bonds is 7. The molecule has 1 aliphatic carbocycles. The molecule has 1 aromatic rings. The van der Waals surface area contributed by atoms with E-state index in [1.54, 1.807) is 0 Å². The summed E-state index contributed by atoms with van der Waals surface area (Å²) in [5.41, 5.74) is 6.99. The van der Waals surface area contributed by atoms with Crippen LogP contribution in [0.5, 0.6) is 0 Å². The van der Waals surface area contributed by atoms with E-state index in [0.717, 1.165) is 25.7 Å². The highest BCUT2D eigenvalue weighted by Crippen LogP contribution is 2.23. The molecule has 0 bridgehead atoms. The molecule has 0 heterocycles. The Bertz CT molecular complexity index is 408. The number of benzene rings is 1. The molecule has 1 saturated carbocycles. The van der Waals surface area contributed by atoms with E-state index in [2.05, 4.69) is 5.32 Å². The summed E-state index contributed by atoms with van der Waals surface area (Å²) in [5, 5.41) is 2.97. The van der Waals surface area contributed by atoms with Crippen LogP contribution in [0.15, 0.2) is 30.3 Å². The highest BCUT2D eigenvalue weighted by molar-refractivity contribution is 5.78. The molecule has 20 heavy (non-hydrogen) atoms. The van der Waals surface area contributed by atoms with Gasteiger partial charge in [-0.2, -0.15) is 0 Å².